The van der Waals surface area contributed by atoms with Gasteiger partial charge in [-0.2, -0.15) is 0 Å². The summed E-state index contributed by atoms with van der Waals surface area (Å²) in [6, 6.07) is 1.65. The highest BCUT2D eigenvalue weighted by atomic mass is 16.5. The van der Waals surface area contributed by atoms with E-state index in [1.807, 2.05) is 27.7 Å². The van der Waals surface area contributed by atoms with E-state index in [0.29, 0.717) is 18.7 Å². The SMILES string of the molecule is COC(=O)c1occc1CN(CC(C)C)c1c(N)n(CC(C)C)c(=O)[nH]c1=O. The smallest absolute Gasteiger partial charge is 0.374 e. The van der Waals surface area contributed by atoms with Crippen molar-refractivity contribution in [1.82, 2.24) is 9.55 Å². The largest absolute Gasteiger partial charge is 0.463 e. The fraction of sp³-hybridized carbons (Fsp3) is 0.526. The van der Waals surface area contributed by atoms with Gasteiger partial charge >= 0.3 is 11.7 Å². The number of ether oxygens (including phenoxy) is 1. The minimum absolute atomic E-state index is 0.0711. The van der Waals surface area contributed by atoms with Crippen LogP contribution in [0.2, 0.25) is 0 Å². The van der Waals surface area contributed by atoms with Crippen molar-refractivity contribution in [2.75, 3.05) is 24.3 Å². The van der Waals surface area contributed by atoms with Crippen molar-refractivity contribution in [3.8, 4) is 0 Å². The van der Waals surface area contributed by atoms with E-state index in [2.05, 4.69) is 4.98 Å². The van der Waals surface area contributed by atoms with Gasteiger partial charge in [0.2, 0.25) is 5.76 Å². The Labute approximate surface area is 163 Å². The van der Waals surface area contributed by atoms with Crippen LogP contribution in [-0.2, 0) is 17.8 Å². The van der Waals surface area contributed by atoms with Gasteiger partial charge in [0.05, 0.1) is 13.4 Å². The molecule has 0 atom stereocenters. The molecule has 0 saturated carbocycles. The zero-order valence-corrected chi connectivity index (χ0v) is 16.9. The summed E-state index contributed by atoms with van der Waals surface area (Å²) in [5.74, 6) is -0.0704. The highest BCUT2D eigenvalue weighted by molar-refractivity contribution is 5.88. The number of nitrogen functional groups attached to an aromatic ring is 1. The van der Waals surface area contributed by atoms with Gasteiger partial charge in [-0.3, -0.25) is 14.3 Å². The van der Waals surface area contributed by atoms with Crippen LogP contribution >= 0.6 is 0 Å². The second-order valence-electron chi connectivity index (χ2n) is 7.54. The van der Waals surface area contributed by atoms with Crippen molar-refractivity contribution in [3.05, 3.63) is 44.5 Å². The molecule has 0 spiro atoms. The number of esters is 1. The van der Waals surface area contributed by atoms with Crippen molar-refractivity contribution in [1.29, 1.82) is 0 Å². The zero-order chi connectivity index (χ0) is 21.0. The number of aromatic amines is 1. The molecule has 0 fully saturated rings. The lowest BCUT2D eigenvalue weighted by Gasteiger charge is -2.28. The first-order chi connectivity index (χ1) is 13.1. The molecule has 0 aromatic carbocycles. The van der Waals surface area contributed by atoms with Gasteiger partial charge < -0.3 is 19.8 Å². The number of H-pyrrole nitrogens is 1. The van der Waals surface area contributed by atoms with Crippen molar-refractivity contribution in [2.24, 2.45) is 11.8 Å². The standard InChI is InChI=1S/C19H28N4O5/c1-11(2)8-22(10-13-6-7-28-15(13)18(25)27-5)14-16(20)23(9-12(3)4)19(26)21-17(14)24/h6-7,11-12H,8-10,20H2,1-5H3,(H,21,24,26). The molecule has 2 rings (SSSR count). The number of methoxy groups -OCH3 is 1. The average molecular weight is 392 g/mol. The molecule has 0 unspecified atom stereocenters. The number of rotatable bonds is 8. The fourth-order valence-electron chi connectivity index (χ4n) is 3.04. The molecule has 0 aliphatic heterocycles. The van der Waals surface area contributed by atoms with E-state index in [4.69, 9.17) is 14.9 Å². The molecule has 0 amide bonds. The number of aromatic nitrogens is 2. The zero-order valence-electron chi connectivity index (χ0n) is 16.9. The fourth-order valence-corrected chi connectivity index (χ4v) is 3.04. The molecular formula is C19H28N4O5. The summed E-state index contributed by atoms with van der Waals surface area (Å²) < 4.78 is 11.3. The number of hydrogen-bond acceptors (Lipinski definition) is 7. The van der Waals surface area contributed by atoms with Crippen molar-refractivity contribution in [3.63, 3.8) is 0 Å². The molecule has 28 heavy (non-hydrogen) atoms. The minimum atomic E-state index is -0.601. The van der Waals surface area contributed by atoms with Crippen LogP contribution in [0.4, 0.5) is 11.5 Å². The van der Waals surface area contributed by atoms with Gasteiger partial charge in [-0.15, -0.1) is 0 Å². The van der Waals surface area contributed by atoms with Gasteiger partial charge in [0.1, 0.15) is 11.5 Å². The Hall–Kier alpha value is -2.97. The Kier molecular flexibility index (Phi) is 6.71. The number of carbonyl (C=O) groups is 1. The summed E-state index contributed by atoms with van der Waals surface area (Å²) in [7, 11) is 1.27. The van der Waals surface area contributed by atoms with E-state index >= 15 is 0 Å². The van der Waals surface area contributed by atoms with E-state index in [1.54, 1.807) is 11.0 Å². The minimum Gasteiger partial charge on any atom is -0.463 e. The van der Waals surface area contributed by atoms with E-state index < -0.39 is 17.2 Å². The number of nitrogens with zero attached hydrogens (tertiary/aromatic N) is 2. The second kappa shape index (κ2) is 8.81. The molecule has 3 N–H and O–H groups in total. The number of nitrogens with one attached hydrogen (secondary N) is 1. The number of hydrogen-bond donors (Lipinski definition) is 2. The summed E-state index contributed by atoms with van der Waals surface area (Å²) in [6.07, 6.45) is 1.39. The van der Waals surface area contributed by atoms with E-state index in [1.165, 1.54) is 17.9 Å². The highest BCUT2D eigenvalue weighted by Gasteiger charge is 2.24. The van der Waals surface area contributed by atoms with E-state index in [0.717, 1.165) is 0 Å². The maximum Gasteiger partial charge on any atom is 0.374 e. The van der Waals surface area contributed by atoms with Gasteiger partial charge in [0.25, 0.3) is 5.56 Å². The molecule has 0 saturated heterocycles. The molecule has 154 valence electrons. The van der Waals surface area contributed by atoms with Crippen LogP contribution in [0.5, 0.6) is 0 Å². The maximum atomic E-state index is 12.6. The van der Waals surface area contributed by atoms with Gasteiger partial charge in [-0.25, -0.2) is 9.59 Å². The topological polar surface area (TPSA) is 124 Å². The summed E-state index contributed by atoms with van der Waals surface area (Å²) >= 11 is 0. The number of carbonyl (C=O) groups excluding carboxylic acids is 1. The third kappa shape index (κ3) is 4.65. The molecule has 2 aromatic heterocycles. The molecule has 2 heterocycles. The predicted octanol–water partition coefficient (Wildman–Crippen LogP) is 1.82. The molecular weight excluding hydrogens is 364 g/mol. The van der Waals surface area contributed by atoms with Crippen molar-refractivity contribution in [2.45, 2.75) is 40.8 Å². The summed E-state index contributed by atoms with van der Waals surface area (Å²) in [6.45, 7) is 8.97. The Balaban J connectivity index is 2.55. The Morgan fingerprint density at radius 1 is 1.29 bits per heavy atom. The quantitative estimate of drug-likeness (QED) is 0.657. The van der Waals surface area contributed by atoms with Crippen molar-refractivity contribution < 1.29 is 13.9 Å². The van der Waals surface area contributed by atoms with Gasteiger partial charge in [-0.05, 0) is 17.9 Å². The Morgan fingerprint density at radius 3 is 2.54 bits per heavy atom. The third-order valence-electron chi connectivity index (χ3n) is 4.14. The molecule has 0 bridgehead atoms. The first kappa shape index (κ1) is 21.3. The first-order valence-electron chi connectivity index (χ1n) is 9.17. The van der Waals surface area contributed by atoms with Gasteiger partial charge in [0, 0.05) is 25.2 Å². The summed E-state index contributed by atoms with van der Waals surface area (Å²) in [4.78, 5) is 40.9. The lowest BCUT2D eigenvalue weighted by Crippen LogP contribution is -2.40. The molecule has 0 aliphatic rings. The third-order valence-corrected chi connectivity index (χ3v) is 4.14. The van der Waals surface area contributed by atoms with Crippen LogP contribution in [0.3, 0.4) is 0 Å². The van der Waals surface area contributed by atoms with E-state index in [9.17, 15) is 14.4 Å². The lowest BCUT2D eigenvalue weighted by atomic mass is 10.1. The van der Waals surface area contributed by atoms with Gasteiger partial charge in [0.15, 0.2) is 0 Å². The maximum absolute atomic E-state index is 12.6. The van der Waals surface area contributed by atoms with Crippen LogP contribution in [0, 0.1) is 11.8 Å². The normalized spacial score (nSPS) is 11.2. The summed E-state index contributed by atoms with van der Waals surface area (Å²) in [5, 5.41) is 0. The number of anilines is 2. The number of nitrogens with two attached hydrogens (primary N) is 1. The predicted molar refractivity (Wildman–Crippen MR) is 107 cm³/mol. The van der Waals surface area contributed by atoms with Crippen LogP contribution in [-0.4, -0.2) is 29.2 Å². The summed E-state index contributed by atoms with van der Waals surface area (Å²) in [5.41, 5.74) is 5.91. The van der Waals surface area contributed by atoms with Crippen LogP contribution in [0.15, 0.2) is 26.3 Å². The second-order valence-corrected chi connectivity index (χ2v) is 7.54. The molecule has 9 heteroatoms. The number of furan rings is 1. The van der Waals surface area contributed by atoms with E-state index in [-0.39, 0.29) is 35.6 Å². The van der Waals surface area contributed by atoms with Gasteiger partial charge in [-0.1, -0.05) is 27.7 Å². The Bertz CT molecular complexity index is 939. The first-order valence-corrected chi connectivity index (χ1v) is 9.17. The molecule has 9 nitrogen and oxygen atoms in total. The molecule has 2 aromatic rings. The molecule has 0 radical (unpaired) electrons. The van der Waals surface area contributed by atoms with Crippen LogP contribution < -0.4 is 21.9 Å². The lowest BCUT2D eigenvalue weighted by molar-refractivity contribution is 0.0563. The van der Waals surface area contributed by atoms with Crippen molar-refractivity contribution >= 4 is 17.5 Å². The Morgan fingerprint density at radius 2 is 1.96 bits per heavy atom. The highest BCUT2D eigenvalue weighted by Crippen LogP contribution is 2.23. The average Bonchev–Trinajstić information content (AvgIpc) is 3.05. The van der Waals surface area contributed by atoms with Crippen LogP contribution in [0.1, 0.15) is 43.8 Å². The van der Waals surface area contributed by atoms with Crippen LogP contribution in [0.25, 0.3) is 0 Å². The molecule has 0 aliphatic carbocycles. The monoisotopic (exact) mass is 392 g/mol.